The number of nitrogens with two attached hydrogens (primary N) is 1. The highest BCUT2D eigenvalue weighted by Gasteiger charge is 2.38. The molecule has 0 saturated carbocycles. The lowest BCUT2D eigenvalue weighted by Crippen LogP contribution is -2.45. The van der Waals surface area contributed by atoms with Crippen molar-refractivity contribution in [2.45, 2.75) is 32.2 Å². The zero-order chi connectivity index (χ0) is 27.1. The molecule has 0 aliphatic rings. The lowest BCUT2D eigenvalue weighted by molar-refractivity contribution is -0.192. The number of alkyl carbamates (subject to hydrolysis) is 1. The molecule has 2 rings (SSSR count). The van der Waals surface area contributed by atoms with E-state index in [2.05, 4.69) is 10.6 Å². The third-order valence-corrected chi connectivity index (χ3v) is 4.22. The molecule has 0 heterocycles. The van der Waals surface area contributed by atoms with Crippen LogP contribution in [0.1, 0.15) is 24.5 Å². The van der Waals surface area contributed by atoms with E-state index in [4.69, 9.17) is 30.5 Å². The zero-order valence-electron chi connectivity index (χ0n) is 19.3. The number of carboxylic acid groups (broad SMARTS) is 1. The lowest BCUT2D eigenvalue weighted by atomic mass is 10.2. The first-order valence-corrected chi connectivity index (χ1v) is 10.5. The summed E-state index contributed by atoms with van der Waals surface area (Å²) in [4.78, 5) is 32.7. The quantitative estimate of drug-likeness (QED) is 0.186. The van der Waals surface area contributed by atoms with E-state index in [1.54, 1.807) is 31.2 Å². The van der Waals surface area contributed by atoms with Crippen molar-refractivity contribution in [1.82, 2.24) is 10.6 Å². The minimum atomic E-state index is -5.08. The highest BCUT2D eigenvalue weighted by atomic mass is 19.4. The molecule has 2 amide bonds. The minimum absolute atomic E-state index is 0.0218. The molecule has 10 nitrogen and oxygen atoms in total. The molecule has 0 saturated heterocycles. The molecule has 36 heavy (non-hydrogen) atoms. The van der Waals surface area contributed by atoms with Crippen LogP contribution in [0.4, 0.5) is 18.0 Å². The van der Waals surface area contributed by atoms with Crippen LogP contribution < -0.4 is 21.1 Å². The summed E-state index contributed by atoms with van der Waals surface area (Å²) in [6.45, 7) is 2.52. The molecule has 0 radical (unpaired) electrons. The van der Waals surface area contributed by atoms with E-state index in [0.717, 1.165) is 5.56 Å². The maximum absolute atomic E-state index is 12.0. The van der Waals surface area contributed by atoms with Crippen molar-refractivity contribution in [2.24, 2.45) is 5.73 Å². The van der Waals surface area contributed by atoms with Crippen molar-refractivity contribution in [1.29, 1.82) is 5.41 Å². The average Bonchev–Trinajstić information content (AvgIpc) is 2.83. The Morgan fingerprint density at radius 1 is 1.11 bits per heavy atom. The molecule has 0 fully saturated rings. The molecule has 2 aromatic carbocycles. The monoisotopic (exact) mass is 512 g/mol. The van der Waals surface area contributed by atoms with E-state index in [9.17, 15) is 22.8 Å². The van der Waals surface area contributed by atoms with Crippen LogP contribution in [0.25, 0.3) is 0 Å². The van der Waals surface area contributed by atoms with Crippen molar-refractivity contribution in [3.63, 3.8) is 0 Å². The third kappa shape index (κ3) is 12.3. The number of nitrogens with one attached hydrogen (secondary N) is 3. The second kappa shape index (κ2) is 14.9. The lowest BCUT2D eigenvalue weighted by Gasteiger charge is -2.14. The molecule has 2 aromatic rings. The second-order valence-electron chi connectivity index (χ2n) is 7.17. The third-order valence-electron chi connectivity index (χ3n) is 4.22. The van der Waals surface area contributed by atoms with Crippen LogP contribution in [0, 0.1) is 5.41 Å². The fourth-order valence-electron chi connectivity index (χ4n) is 2.39. The summed E-state index contributed by atoms with van der Waals surface area (Å²) < 4.78 is 42.4. The van der Waals surface area contributed by atoms with Gasteiger partial charge in [-0.05, 0) is 31.0 Å². The largest absolute Gasteiger partial charge is 0.494 e. The minimum Gasteiger partial charge on any atom is -0.494 e. The van der Waals surface area contributed by atoms with Crippen LogP contribution >= 0.6 is 0 Å². The van der Waals surface area contributed by atoms with Gasteiger partial charge in [-0.25, -0.2) is 9.59 Å². The van der Waals surface area contributed by atoms with Crippen molar-refractivity contribution in [3.05, 3.63) is 65.7 Å². The van der Waals surface area contributed by atoms with Gasteiger partial charge in [-0.3, -0.25) is 10.2 Å². The van der Waals surface area contributed by atoms with E-state index in [1.165, 1.54) is 0 Å². The number of amidine groups is 1. The van der Waals surface area contributed by atoms with Gasteiger partial charge in [-0.2, -0.15) is 13.2 Å². The van der Waals surface area contributed by atoms with Gasteiger partial charge >= 0.3 is 18.2 Å². The maximum Gasteiger partial charge on any atom is 0.490 e. The first-order valence-electron chi connectivity index (χ1n) is 10.5. The number of carbonyl (C=O) groups is 3. The van der Waals surface area contributed by atoms with Gasteiger partial charge in [-0.15, -0.1) is 0 Å². The number of hydrogen-bond donors (Lipinski definition) is 5. The highest BCUT2D eigenvalue weighted by molar-refractivity contribution is 5.95. The Morgan fingerprint density at radius 2 is 1.75 bits per heavy atom. The number of alkyl halides is 3. The smallest absolute Gasteiger partial charge is 0.490 e. The molecule has 0 unspecified atom stereocenters. The van der Waals surface area contributed by atoms with Crippen molar-refractivity contribution >= 4 is 23.8 Å². The topological polar surface area (TPSA) is 164 Å². The SMILES string of the molecule is C[C@H](NC(=O)OCc1ccccc1)C(=O)NCCCOc1cccc(C(=N)N)c1.O=C(O)C(F)(F)F. The Bertz CT molecular complexity index is 1020. The van der Waals surface area contributed by atoms with Gasteiger partial charge in [0.25, 0.3) is 0 Å². The molecule has 0 aromatic heterocycles. The Labute approximate surface area is 205 Å². The number of halogens is 3. The fraction of sp³-hybridized carbons (Fsp3) is 0.304. The van der Waals surface area contributed by atoms with E-state index in [1.807, 2.05) is 30.3 Å². The van der Waals surface area contributed by atoms with Crippen molar-refractivity contribution < 1.29 is 42.1 Å². The van der Waals surface area contributed by atoms with E-state index < -0.39 is 24.3 Å². The van der Waals surface area contributed by atoms with Crippen LogP contribution in [0.5, 0.6) is 5.75 Å². The van der Waals surface area contributed by atoms with Gasteiger partial charge in [0.2, 0.25) is 5.91 Å². The Kier molecular flexibility index (Phi) is 12.3. The van der Waals surface area contributed by atoms with Gasteiger partial charge in [0, 0.05) is 12.1 Å². The van der Waals surface area contributed by atoms with E-state index in [0.29, 0.717) is 30.9 Å². The first kappa shape index (κ1) is 29.7. The molecule has 13 heteroatoms. The van der Waals surface area contributed by atoms with Crippen LogP contribution in [0.2, 0.25) is 0 Å². The van der Waals surface area contributed by atoms with Crippen molar-refractivity contribution in [2.75, 3.05) is 13.2 Å². The molecule has 1 atom stereocenters. The molecule has 196 valence electrons. The molecule has 0 bridgehead atoms. The summed E-state index contributed by atoms with van der Waals surface area (Å²) in [5, 5.41) is 19.8. The Morgan fingerprint density at radius 3 is 2.33 bits per heavy atom. The summed E-state index contributed by atoms with van der Waals surface area (Å²) in [6, 6.07) is 15.5. The fourth-order valence-corrected chi connectivity index (χ4v) is 2.39. The predicted molar refractivity (Wildman–Crippen MR) is 123 cm³/mol. The average molecular weight is 512 g/mol. The molecule has 0 spiro atoms. The number of benzene rings is 2. The Hall–Kier alpha value is -4.29. The van der Waals surface area contributed by atoms with Gasteiger partial charge in [0.15, 0.2) is 0 Å². The molecule has 0 aliphatic heterocycles. The summed E-state index contributed by atoms with van der Waals surface area (Å²) in [5.74, 6) is -2.47. The number of rotatable bonds is 10. The molecule has 6 N–H and O–H groups in total. The number of hydrogen-bond acceptors (Lipinski definition) is 6. The normalized spacial score (nSPS) is 11.2. The van der Waals surface area contributed by atoms with Gasteiger partial charge in [0.05, 0.1) is 6.61 Å². The predicted octanol–water partition coefficient (Wildman–Crippen LogP) is 2.80. The first-order chi connectivity index (χ1) is 16.9. The summed E-state index contributed by atoms with van der Waals surface area (Å²) in [6.07, 6.45) is -5.15. The number of nitrogen functional groups attached to an aromatic ring is 1. The van der Waals surface area contributed by atoms with Gasteiger partial charge in [0.1, 0.15) is 24.2 Å². The Balaban J connectivity index is 0.000000809. The zero-order valence-corrected chi connectivity index (χ0v) is 19.3. The number of aliphatic carboxylic acids is 1. The highest BCUT2D eigenvalue weighted by Crippen LogP contribution is 2.13. The number of ether oxygens (including phenoxy) is 2. The van der Waals surface area contributed by atoms with Crippen LogP contribution in [-0.4, -0.2) is 54.3 Å². The van der Waals surface area contributed by atoms with Crippen LogP contribution in [0.15, 0.2) is 54.6 Å². The van der Waals surface area contributed by atoms with Crippen molar-refractivity contribution in [3.8, 4) is 5.75 Å². The standard InChI is InChI=1S/C21H26N4O4.C2HF3O2/c1-15(25-21(27)29-14-16-7-3-2-4-8-16)20(26)24-11-6-12-28-18-10-5-9-17(13-18)19(22)23;3-2(4,5)1(6)7/h2-5,7-10,13,15H,6,11-12,14H2,1H3,(H3,22,23)(H,24,26)(H,25,27);(H,6,7)/t15-;/m0./s1. The van der Waals surface area contributed by atoms with Crippen LogP contribution in [0.3, 0.4) is 0 Å². The summed E-state index contributed by atoms with van der Waals surface area (Å²) in [5.41, 5.74) is 6.91. The van der Waals surface area contributed by atoms with E-state index >= 15 is 0 Å². The van der Waals surface area contributed by atoms with E-state index in [-0.39, 0.29) is 18.3 Å². The number of amides is 2. The van der Waals surface area contributed by atoms with Gasteiger partial charge in [-0.1, -0.05) is 42.5 Å². The number of carboxylic acids is 1. The summed E-state index contributed by atoms with van der Waals surface area (Å²) in [7, 11) is 0. The molecular formula is C23H27F3N4O6. The van der Waals surface area contributed by atoms with Crippen LogP contribution in [-0.2, 0) is 20.9 Å². The second-order valence-corrected chi connectivity index (χ2v) is 7.17. The van der Waals surface area contributed by atoms with Gasteiger partial charge < -0.3 is 30.9 Å². The molecular weight excluding hydrogens is 485 g/mol. The maximum atomic E-state index is 12.0. The molecule has 0 aliphatic carbocycles. The summed E-state index contributed by atoms with van der Waals surface area (Å²) >= 11 is 0. The number of carbonyl (C=O) groups excluding carboxylic acids is 2.